The molecule has 156 valence electrons. The zero-order valence-electron chi connectivity index (χ0n) is 16.7. The standard InChI is InChI=1S/C20H23NO7S/c1-25-14-5-7-15(8-6-14)29(23,24)16-11-21(12-16)20(22)13-9-17(26-2)19(28-4)18(10-13)27-3/h5-10,16H,11-12H2,1-4H3. The number of methoxy groups -OCH3 is 4. The number of amides is 1. The first kappa shape index (κ1) is 20.8. The third-order valence-corrected chi connectivity index (χ3v) is 6.98. The van der Waals surface area contributed by atoms with Gasteiger partial charge in [0.15, 0.2) is 21.3 Å². The number of sulfone groups is 1. The Morgan fingerprint density at radius 2 is 1.45 bits per heavy atom. The summed E-state index contributed by atoms with van der Waals surface area (Å²) in [5.74, 6) is 1.38. The van der Waals surface area contributed by atoms with Crippen molar-refractivity contribution < 1.29 is 32.2 Å². The van der Waals surface area contributed by atoms with Gasteiger partial charge in [0.1, 0.15) is 11.0 Å². The summed E-state index contributed by atoms with van der Waals surface area (Å²) in [6.07, 6.45) is 0. The molecule has 0 spiro atoms. The number of benzene rings is 2. The lowest BCUT2D eigenvalue weighted by molar-refractivity contribution is 0.0658. The molecule has 0 aromatic heterocycles. The molecule has 1 aliphatic rings. The highest BCUT2D eigenvalue weighted by Crippen LogP contribution is 2.39. The van der Waals surface area contributed by atoms with Gasteiger partial charge in [0.05, 0.1) is 33.3 Å². The summed E-state index contributed by atoms with van der Waals surface area (Å²) >= 11 is 0. The van der Waals surface area contributed by atoms with Crippen molar-refractivity contribution in [2.75, 3.05) is 41.5 Å². The molecule has 3 rings (SSSR count). The molecule has 8 nitrogen and oxygen atoms in total. The number of ether oxygens (including phenoxy) is 4. The molecular weight excluding hydrogens is 398 g/mol. The second kappa shape index (κ2) is 8.20. The first-order valence-electron chi connectivity index (χ1n) is 8.83. The van der Waals surface area contributed by atoms with Gasteiger partial charge in [-0.2, -0.15) is 0 Å². The molecule has 1 fully saturated rings. The number of hydrogen-bond acceptors (Lipinski definition) is 7. The molecule has 1 heterocycles. The van der Waals surface area contributed by atoms with Crippen molar-refractivity contribution in [2.24, 2.45) is 0 Å². The van der Waals surface area contributed by atoms with Crippen molar-refractivity contribution in [1.29, 1.82) is 0 Å². The molecule has 1 aliphatic heterocycles. The van der Waals surface area contributed by atoms with Crippen LogP contribution in [0, 0.1) is 0 Å². The van der Waals surface area contributed by atoms with E-state index < -0.39 is 15.1 Å². The Hall–Kier alpha value is -2.94. The highest BCUT2D eigenvalue weighted by atomic mass is 32.2. The minimum absolute atomic E-state index is 0.115. The van der Waals surface area contributed by atoms with Crippen molar-refractivity contribution in [1.82, 2.24) is 4.90 Å². The minimum Gasteiger partial charge on any atom is -0.497 e. The molecule has 0 unspecified atom stereocenters. The maximum absolute atomic E-state index is 12.8. The molecule has 0 bridgehead atoms. The number of likely N-dealkylation sites (tertiary alicyclic amines) is 1. The topological polar surface area (TPSA) is 91.4 Å². The summed E-state index contributed by atoms with van der Waals surface area (Å²) < 4.78 is 46.4. The SMILES string of the molecule is COc1ccc(S(=O)(=O)C2CN(C(=O)c3cc(OC)c(OC)c(OC)c3)C2)cc1. The van der Waals surface area contributed by atoms with Gasteiger partial charge < -0.3 is 23.8 Å². The predicted octanol–water partition coefficient (Wildman–Crippen LogP) is 2.02. The number of carbonyl (C=O) groups excluding carboxylic acids is 1. The van der Waals surface area contributed by atoms with Crippen molar-refractivity contribution >= 4 is 15.7 Å². The van der Waals surface area contributed by atoms with Crippen molar-refractivity contribution in [3.8, 4) is 23.0 Å². The van der Waals surface area contributed by atoms with Gasteiger partial charge in [0.25, 0.3) is 5.91 Å². The number of carbonyl (C=O) groups is 1. The average Bonchev–Trinajstić information content (AvgIpc) is 2.71. The normalized spacial score (nSPS) is 14.1. The second-order valence-corrected chi connectivity index (χ2v) is 8.69. The zero-order valence-corrected chi connectivity index (χ0v) is 17.5. The van der Waals surface area contributed by atoms with Crippen molar-refractivity contribution in [2.45, 2.75) is 10.1 Å². The van der Waals surface area contributed by atoms with Crippen LogP contribution in [0.3, 0.4) is 0 Å². The fourth-order valence-electron chi connectivity index (χ4n) is 3.15. The monoisotopic (exact) mass is 421 g/mol. The van der Waals surface area contributed by atoms with Gasteiger partial charge in [-0.25, -0.2) is 8.42 Å². The van der Waals surface area contributed by atoms with Crippen LogP contribution in [0.1, 0.15) is 10.4 Å². The molecule has 2 aromatic carbocycles. The molecule has 29 heavy (non-hydrogen) atoms. The molecule has 2 aromatic rings. The van der Waals surface area contributed by atoms with Crippen molar-refractivity contribution in [3.05, 3.63) is 42.0 Å². The van der Waals surface area contributed by atoms with Gasteiger partial charge in [-0.1, -0.05) is 0 Å². The van der Waals surface area contributed by atoms with Crippen LogP contribution < -0.4 is 18.9 Å². The minimum atomic E-state index is -3.53. The van der Waals surface area contributed by atoms with E-state index in [2.05, 4.69) is 0 Å². The van der Waals surface area contributed by atoms with E-state index in [1.807, 2.05) is 0 Å². The van der Waals surface area contributed by atoms with Gasteiger partial charge in [-0.3, -0.25) is 4.79 Å². The summed E-state index contributed by atoms with van der Waals surface area (Å²) in [6.45, 7) is 0.230. The first-order chi connectivity index (χ1) is 13.8. The van der Waals surface area contributed by atoms with Gasteiger partial charge in [-0.15, -0.1) is 0 Å². The number of nitrogens with zero attached hydrogens (tertiary/aromatic N) is 1. The van der Waals surface area contributed by atoms with Gasteiger partial charge in [0.2, 0.25) is 5.75 Å². The van der Waals surface area contributed by atoms with Crippen LogP contribution in [-0.4, -0.2) is 66.0 Å². The van der Waals surface area contributed by atoms with Crippen LogP contribution in [0.25, 0.3) is 0 Å². The fraction of sp³-hybridized carbons (Fsp3) is 0.350. The summed E-state index contributed by atoms with van der Waals surface area (Å²) in [5, 5.41) is -0.651. The Labute approximate surface area is 169 Å². The third-order valence-electron chi connectivity index (χ3n) is 4.87. The first-order valence-corrected chi connectivity index (χ1v) is 10.4. The van der Waals surface area contributed by atoms with E-state index in [1.54, 1.807) is 24.3 Å². The van der Waals surface area contributed by atoms with Gasteiger partial charge in [-0.05, 0) is 36.4 Å². The second-order valence-electron chi connectivity index (χ2n) is 6.47. The molecule has 9 heteroatoms. The average molecular weight is 421 g/mol. The molecule has 0 saturated carbocycles. The predicted molar refractivity (Wildman–Crippen MR) is 106 cm³/mol. The van der Waals surface area contributed by atoms with Crippen LogP contribution in [0.15, 0.2) is 41.3 Å². The highest BCUT2D eigenvalue weighted by molar-refractivity contribution is 7.92. The van der Waals surface area contributed by atoms with Crippen LogP contribution in [0.2, 0.25) is 0 Å². The quantitative estimate of drug-likeness (QED) is 0.675. The summed E-state index contributed by atoms with van der Waals surface area (Å²) in [5.41, 5.74) is 0.333. The van der Waals surface area contributed by atoms with E-state index in [9.17, 15) is 13.2 Å². The highest BCUT2D eigenvalue weighted by Gasteiger charge is 2.41. The lowest BCUT2D eigenvalue weighted by Crippen LogP contribution is -2.56. The Morgan fingerprint density at radius 3 is 1.90 bits per heavy atom. The fourth-order valence-corrected chi connectivity index (χ4v) is 4.80. The van der Waals surface area contributed by atoms with E-state index in [0.717, 1.165) is 0 Å². The van der Waals surface area contributed by atoms with E-state index >= 15 is 0 Å². The Kier molecular flexibility index (Phi) is 5.88. The Balaban J connectivity index is 1.75. The van der Waals surface area contributed by atoms with E-state index in [1.165, 1.54) is 45.5 Å². The number of hydrogen-bond donors (Lipinski definition) is 0. The third kappa shape index (κ3) is 3.82. The zero-order chi connectivity index (χ0) is 21.2. The molecule has 0 atom stereocenters. The number of rotatable bonds is 7. The summed E-state index contributed by atoms with van der Waals surface area (Å²) in [7, 11) is 2.39. The van der Waals surface area contributed by atoms with Crippen LogP contribution >= 0.6 is 0 Å². The Morgan fingerprint density at radius 1 is 0.897 bits per heavy atom. The van der Waals surface area contributed by atoms with Crippen LogP contribution in [-0.2, 0) is 9.84 Å². The smallest absolute Gasteiger partial charge is 0.254 e. The summed E-state index contributed by atoms with van der Waals surface area (Å²) in [4.78, 5) is 14.5. The Bertz CT molecular complexity index is 971. The van der Waals surface area contributed by atoms with Crippen LogP contribution in [0.5, 0.6) is 23.0 Å². The van der Waals surface area contributed by atoms with Gasteiger partial charge in [0, 0.05) is 18.7 Å². The molecule has 0 aliphatic carbocycles. The largest absolute Gasteiger partial charge is 0.497 e. The maximum atomic E-state index is 12.8. The summed E-state index contributed by atoms with van der Waals surface area (Å²) in [6, 6.07) is 9.33. The lowest BCUT2D eigenvalue weighted by Gasteiger charge is -2.38. The molecule has 0 radical (unpaired) electrons. The molecule has 1 saturated heterocycles. The molecular formula is C20H23NO7S. The van der Waals surface area contributed by atoms with Gasteiger partial charge >= 0.3 is 0 Å². The van der Waals surface area contributed by atoms with Crippen LogP contribution in [0.4, 0.5) is 0 Å². The maximum Gasteiger partial charge on any atom is 0.254 e. The van der Waals surface area contributed by atoms with Crippen molar-refractivity contribution in [3.63, 3.8) is 0 Å². The van der Waals surface area contributed by atoms with E-state index in [-0.39, 0.29) is 23.9 Å². The lowest BCUT2D eigenvalue weighted by atomic mass is 10.1. The van der Waals surface area contributed by atoms with E-state index in [4.69, 9.17) is 18.9 Å². The van der Waals surface area contributed by atoms with E-state index in [0.29, 0.717) is 28.6 Å². The molecule has 0 N–H and O–H groups in total. The molecule has 1 amide bonds.